The summed E-state index contributed by atoms with van der Waals surface area (Å²) in [6, 6.07) is 10.4. The van der Waals surface area contributed by atoms with E-state index in [1.807, 2.05) is 23.0 Å². The molecule has 3 aromatic rings. The Hall–Kier alpha value is -1.94. The fourth-order valence-electron chi connectivity index (χ4n) is 2.25. The van der Waals surface area contributed by atoms with Crippen LogP contribution >= 0.6 is 11.3 Å². The predicted octanol–water partition coefficient (Wildman–Crippen LogP) is 4.38. The van der Waals surface area contributed by atoms with Crippen molar-refractivity contribution in [1.82, 2.24) is 9.78 Å². The summed E-state index contributed by atoms with van der Waals surface area (Å²) in [5.74, 6) is 0. The molecule has 3 nitrogen and oxygen atoms in total. The number of aromatic nitrogens is 2. The molecule has 0 aliphatic carbocycles. The van der Waals surface area contributed by atoms with Crippen molar-refractivity contribution in [2.45, 2.75) is 26.3 Å². The van der Waals surface area contributed by atoms with Gasteiger partial charge in [-0.15, -0.1) is 11.3 Å². The Morgan fingerprint density at radius 2 is 2.20 bits per heavy atom. The van der Waals surface area contributed by atoms with Crippen LogP contribution in [0.15, 0.2) is 36.5 Å². The second-order valence-electron chi connectivity index (χ2n) is 4.82. The smallest absolute Gasteiger partial charge is 0.153 e. The lowest BCUT2D eigenvalue weighted by Gasteiger charge is -1.97. The van der Waals surface area contributed by atoms with Gasteiger partial charge in [-0.05, 0) is 23.9 Å². The van der Waals surface area contributed by atoms with Gasteiger partial charge in [-0.25, -0.2) is 0 Å². The van der Waals surface area contributed by atoms with Crippen LogP contribution in [0, 0.1) is 0 Å². The van der Waals surface area contributed by atoms with Crippen molar-refractivity contribution in [3.8, 4) is 10.6 Å². The number of hydrogen-bond acceptors (Lipinski definition) is 3. The lowest BCUT2D eigenvalue weighted by Crippen LogP contribution is -1.97. The van der Waals surface area contributed by atoms with Gasteiger partial charge in [-0.2, -0.15) is 5.10 Å². The Labute approximate surface area is 121 Å². The number of rotatable bonds is 5. The fraction of sp³-hybridized carbons (Fsp3) is 0.250. The van der Waals surface area contributed by atoms with Crippen LogP contribution in [0.2, 0.25) is 0 Å². The van der Waals surface area contributed by atoms with E-state index in [0.29, 0.717) is 5.56 Å². The zero-order chi connectivity index (χ0) is 13.9. The van der Waals surface area contributed by atoms with Gasteiger partial charge in [0.1, 0.15) is 5.69 Å². The molecule has 0 amide bonds. The van der Waals surface area contributed by atoms with E-state index in [2.05, 4.69) is 30.2 Å². The van der Waals surface area contributed by atoms with Crippen LogP contribution in [0.1, 0.15) is 30.1 Å². The van der Waals surface area contributed by atoms with Gasteiger partial charge in [0.15, 0.2) is 6.29 Å². The first-order valence-electron chi connectivity index (χ1n) is 6.83. The maximum Gasteiger partial charge on any atom is 0.153 e. The number of aryl methyl sites for hydroxylation is 1. The van der Waals surface area contributed by atoms with Crippen molar-refractivity contribution in [1.29, 1.82) is 0 Å². The highest BCUT2D eigenvalue weighted by atomic mass is 32.1. The normalized spacial score (nSPS) is 11.1. The highest BCUT2D eigenvalue weighted by Crippen LogP contribution is 2.33. The number of fused-ring (bicyclic) bond motifs is 1. The summed E-state index contributed by atoms with van der Waals surface area (Å²) in [7, 11) is 0. The van der Waals surface area contributed by atoms with Crippen LogP contribution in [-0.2, 0) is 6.54 Å². The van der Waals surface area contributed by atoms with Crippen molar-refractivity contribution >= 4 is 27.7 Å². The average molecular weight is 284 g/mol. The highest BCUT2D eigenvalue weighted by molar-refractivity contribution is 7.22. The summed E-state index contributed by atoms with van der Waals surface area (Å²) in [5.41, 5.74) is 1.48. The van der Waals surface area contributed by atoms with Crippen molar-refractivity contribution < 1.29 is 4.79 Å². The predicted molar refractivity (Wildman–Crippen MR) is 83.3 cm³/mol. The van der Waals surface area contributed by atoms with Crippen molar-refractivity contribution in [2.75, 3.05) is 0 Å². The van der Waals surface area contributed by atoms with Crippen LogP contribution in [0.3, 0.4) is 0 Å². The maximum absolute atomic E-state index is 11.3. The SMILES string of the molecule is CCCCn1cc(C=O)c(-c2cc3ccccc3s2)n1. The van der Waals surface area contributed by atoms with E-state index in [4.69, 9.17) is 0 Å². The molecule has 4 heteroatoms. The van der Waals surface area contributed by atoms with E-state index in [1.165, 1.54) is 10.1 Å². The summed E-state index contributed by atoms with van der Waals surface area (Å²) >= 11 is 1.68. The molecule has 0 unspecified atom stereocenters. The molecular formula is C16H16N2OS. The van der Waals surface area contributed by atoms with Gasteiger partial charge in [-0.3, -0.25) is 9.48 Å². The Morgan fingerprint density at radius 3 is 2.95 bits per heavy atom. The molecule has 0 atom stereocenters. The van der Waals surface area contributed by atoms with Crippen molar-refractivity contribution in [3.05, 3.63) is 42.1 Å². The van der Waals surface area contributed by atoms with Crippen molar-refractivity contribution in [2.24, 2.45) is 0 Å². The molecule has 0 bridgehead atoms. The Morgan fingerprint density at radius 1 is 1.35 bits per heavy atom. The van der Waals surface area contributed by atoms with Crippen LogP contribution in [0.5, 0.6) is 0 Å². The Kier molecular flexibility index (Phi) is 3.65. The molecule has 0 N–H and O–H groups in total. The van der Waals surface area contributed by atoms with E-state index in [-0.39, 0.29) is 0 Å². The van der Waals surface area contributed by atoms with Crippen LogP contribution in [0.4, 0.5) is 0 Å². The summed E-state index contributed by atoms with van der Waals surface area (Å²) in [4.78, 5) is 12.3. The number of carbonyl (C=O) groups excluding carboxylic acids is 1. The van der Waals surface area contributed by atoms with Gasteiger partial charge in [0.05, 0.1) is 10.4 Å². The molecule has 2 heterocycles. The fourth-order valence-corrected chi connectivity index (χ4v) is 3.32. The molecule has 3 rings (SSSR count). The van der Waals surface area contributed by atoms with Crippen molar-refractivity contribution in [3.63, 3.8) is 0 Å². The van der Waals surface area contributed by atoms with E-state index in [9.17, 15) is 4.79 Å². The molecule has 1 aromatic carbocycles. The number of benzene rings is 1. The summed E-state index contributed by atoms with van der Waals surface area (Å²) in [6.07, 6.45) is 4.94. The second-order valence-corrected chi connectivity index (χ2v) is 5.90. The third-order valence-electron chi connectivity index (χ3n) is 3.32. The first-order chi connectivity index (χ1) is 9.81. The Bertz CT molecular complexity index is 709. The number of thiophene rings is 1. The van der Waals surface area contributed by atoms with E-state index >= 15 is 0 Å². The third-order valence-corrected chi connectivity index (χ3v) is 4.44. The van der Waals surface area contributed by atoms with Gasteiger partial charge in [0, 0.05) is 17.4 Å². The topological polar surface area (TPSA) is 34.9 Å². The molecule has 0 radical (unpaired) electrons. The second kappa shape index (κ2) is 5.59. The van der Waals surface area contributed by atoms with E-state index in [0.717, 1.165) is 36.2 Å². The standard InChI is InChI=1S/C16H16N2OS/c1-2-3-8-18-10-13(11-19)16(17-18)15-9-12-6-4-5-7-14(12)20-15/h4-7,9-11H,2-3,8H2,1H3. The summed E-state index contributed by atoms with van der Waals surface area (Å²) < 4.78 is 3.11. The molecule has 0 aliphatic rings. The number of unbranched alkanes of at least 4 members (excludes halogenated alkanes) is 1. The van der Waals surface area contributed by atoms with Gasteiger partial charge in [-0.1, -0.05) is 31.5 Å². The molecule has 0 saturated heterocycles. The minimum atomic E-state index is 0.674. The van der Waals surface area contributed by atoms with Gasteiger partial charge in [0.25, 0.3) is 0 Å². The zero-order valence-electron chi connectivity index (χ0n) is 11.4. The first-order valence-corrected chi connectivity index (χ1v) is 7.65. The minimum Gasteiger partial charge on any atom is -0.298 e. The average Bonchev–Trinajstić information content (AvgIpc) is 3.08. The lowest BCUT2D eigenvalue weighted by atomic mass is 10.2. The summed E-state index contributed by atoms with van der Waals surface area (Å²) in [5, 5.41) is 5.78. The molecular weight excluding hydrogens is 268 g/mol. The largest absolute Gasteiger partial charge is 0.298 e. The van der Waals surface area contributed by atoms with Gasteiger partial charge >= 0.3 is 0 Å². The minimum absolute atomic E-state index is 0.674. The molecule has 0 fully saturated rings. The van der Waals surface area contributed by atoms with Crippen LogP contribution in [0.25, 0.3) is 20.7 Å². The number of nitrogens with zero attached hydrogens (tertiary/aromatic N) is 2. The quantitative estimate of drug-likeness (QED) is 0.652. The molecule has 0 aliphatic heterocycles. The Balaban J connectivity index is 2.03. The molecule has 0 spiro atoms. The number of hydrogen-bond donors (Lipinski definition) is 0. The molecule has 20 heavy (non-hydrogen) atoms. The number of carbonyl (C=O) groups is 1. The van der Waals surface area contributed by atoms with Crippen LogP contribution in [-0.4, -0.2) is 16.1 Å². The highest BCUT2D eigenvalue weighted by Gasteiger charge is 2.13. The third kappa shape index (κ3) is 2.39. The first kappa shape index (κ1) is 13.1. The zero-order valence-corrected chi connectivity index (χ0v) is 12.2. The van der Waals surface area contributed by atoms with Gasteiger partial charge < -0.3 is 0 Å². The van der Waals surface area contributed by atoms with E-state index in [1.54, 1.807) is 11.3 Å². The molecule has 2 aromatic heterocycles. The maximum atomic E-state index is 11.3. The van der Waals surface area contributed by atoms with E-state index < -0.39 is 0 Å². The molecule has 0 saturated carbocycles. The lowest BCUT2D eigenvalue weighted by molar-refractivity contribution is 0.112. The molecule has 102 valence electrons. The van der Waals surface area contributed by atoms with Gasteiger partial charge in [0.2, 0.25) is 0 Å². The monoisotopic (exact) mass is 284 g/mol. The number of aldehydes is 1. The summed E-state index contributed by atoms with van der Waals surface area (Å²) in [6.45, 7) is 3.01. The van der Waals surface area contributed by atoms with Crippen LogP contribution < -0.4 is 0 Å².